The predicted molar refractivity (Wildman–Crippen MR) is 199 cm³/mol. The Balaban J connectivity index is 1.18. The molecule has 8 heteroatoms. The van der Waals surface area contributed by atoms with E-state index >= 15 is 0 Å². The molecule has 0 saturated carbocycles. The van der Waals surface area contributed by atoms with E-state index in [2.05, 4.69) is 78.8 Å². The van der Waals surface area contributed by atoms with Crippen LogP contribution in [-0.4, -0.2) is 46.7 Å². The van der Waals surface area contributed by atoms with Gasteiger partial charge in [-0.05, 0) is 70.6 Å². The molecule has 1 heterocycles. The van der Waals surface area contributed by atoms with E-state index in [4.69, 9.17) is 14.6 Å². The molecule has 0 bridgehead atoms. The fourth-order valence-electron chi connectivity index (χ4n) is 6.69. The van der Waals surface area contributed by atoms with E-state index in [-0.39, 0.29) is 43.6 Å². The quantitative estimate of drug-likeness (QED) is 0.108. The summed E-state index contributed by atoms with van der Waals surface area (Å²) in [4.78, 5) is 25.5. The maximum atomic E-state index is 12.3. The second-order valence-electron chi connectivity index (χ2n) is 13.4. The Morgan fingerprint density at radius 3 is 2.29 bits per heavy atom. The van der Waals surface area contributed by atoms with Gasteiger partial charge < -0.3 is 25.0 Å². The number of rotatable bonds is 14. The Labute approximate surface area is 299 Å². The number of nitrogens with one attached hydrogen (secondary N) is 1. The Bertz CT molecular complexity index is 1930. The molecule has 3 N–H and O–H groups in total. The number of nitrogens with zero attached hydrogens (tertiary/aromatic N) is 1. The molecule has 0 radical (unpaired) electrons. The lowest BCUT2D eigenvalue weighted by Gasteiger charge is -2.39. The van der Waals surface area contributed by atoms with Crippen LogP contribution in [0.2, 0.25) is 0 Å². The number of hydrogen-bond acceptors (Lipinski definition) is 6. The summed E-state index contributed by atoms with van der Waals surface area (Å²) in [5.74, 6) is -1.07. The number of carbonyl (C=O) groups excluding carboxylic acids is 1. The van der Waals surface area contributed by atoms with Gasteiger partial charge in [0.15, 0.2) is 6.29 Å². The molecule has 1 aliphatic rings. The maximum absolute atomic E-state index is 12.3. The zero-order chi connectivity index (χ0) is 35.7. The molecule has 5 aromatic rings. The summed E-state index contributed by atoms with van der Waals surface area (Å²) < 4.78 is 13.3. The predicted octanol–water partition coefficient (Wildman–Crippen LogP) is 8.11. The highest BCUT2D eigenvalue weighted by Crippen LogP contribution is 2.39. The molecule has 1 fully saturated rings. The van der Waals surface area contributed by atoms with Crippen molar-refractivity contribution in [2.24, 2.45) is 0 Å². The standard InChI is InChI=1S/C43H46N2O6/c1-29(35-23-18-31-8-3-4-9-36(31)24-35)45(2)27-38-25-40(33-16-14-30(28-46)15-17-33)51-43(50-38)34-21-19-32(20-22-34)39-11-6-5-10-37(39)26-44-41(47)12-7-13-42(48)49/h3-6,8-11,14-24,29,38,40,43,46H,7,12-13,25-28H2,1-2H3,(H,44,47)(H,48,49). The van der Waals surface area contributed by atoms with Crippen molar-refractivity contribution >= 4 is 22.6 Å². The fraction of sp³-hybridized carbons (Fsp3) is 0.302. The lowest BCUT2D eigenvalue weighted by atomic mass is 9.97. The molecule has 264 valence electrons. The molecule has 1 saturated heterocycles. The van der Waals surface area contributed by atoms with Crippen molar-refractivity contribution in [3.05, 3.63) is 143 Å². The summed E-state index contributed by atoms with van der Waals surface area (Å²) in [5, 5.41) is 23.9. The SMILES string of the molecule is CC(c1ccc2ccccc2c1)N(C)CC1CC(c2ccc(CO)cc2)OC(c2ccc(-c3ccccc3CNC(=O)CCCC(=O)O)cc2)O1. The molecule has 0 spiro atoms. The van der Waals surface area contributed by atoms with E-state index in [9.17, 15) is 14.7 Å². The van der Waals surface area contributed by atoms with E-state index in [0.717, 1.165) is 33.4 Å². The van der Waals surface area contributed by atoms with Crippen LogP contribution in [0.15, 0.2) is 115 Å². The number of amides is 1. The van der Waals surface area contributed by atoms with Gasteiger partial charge in [-0.1, -0.05) is 109 Å². The van der Waals surface area contributed by atoms with E-state index < -0.39 is 12.3 Å². The first-order valence-corrected chi connectivity index (χ1v) is 17.6. The highest BCUT2D eigenvalue weighted by atomic mass is 16.7. The van der Waals surface area contributed by atoms with Crippen molar-refractivity contribution in [3.8, 4) is 11.1 Å². The van der Waals surface area contributed by atoms with Crippen molar-refractivity contribution in [1.82, 2.24) is 10.2 Å². The van der Waals surface area contributed by atoms with Gasteiger partial charge in [0.2, 0.25) is 5.91 Å². The van der Waals surface area contributed by atoms with Gasteiger partial charge in [-0.25, -0.2) is 0 Å². The summed E-state index contributed by atoms with van der Waals surface area (Å²) in [5.41, 5.74) is 7.05. The minimum absolute atomic E-state index is 0.00768. The molecule has 4 atom stereocenters. The zero-order valence-electron chi connectivity index (χ0n) is 29.2. The number of fused-ring (bicyclic) bond motifs is 1. The van der Waals surface area contributed by atoms with E-state index in [1.54, 1.807) is 0 Å². The number of aliphatic carboxylic acids is 1. The Morgan fingerprint density at radius 2 is 1.55 bits per heavy atom. The van der Waals surface area contributed by atoms with E-state index in [0.29, 0.717) is 25.9 Å². The summed E-state index contributed by atoms with van der Waals surface area (Å²) >= 11 is 0. The second kappa shape index (κ2) is 16.9. The van der Waals surface area contributed by atoms with Crippen LogP contribution in [0.4, 0.5) is 0 Å². The van der Waals surface area contributed by atoms with Crippen LogP contribution in [-0.2, 0) is 32.2 Å². The number of carboxylic acid groups (broad SMARTS) is 1. The number of ether oxygens (including phenoxy) is 2. The second-order valence-corrected chi connectivity index (χ2v) is 13.4. The molecule has 0 aromatic heterocycles. The van der Waals surface area contributed by atoms with Gasteiger partial charge in [-0.2, -0.15) is 0 Å². The van der Waals surface area contributed by atoms with Crippen molar-refractivity contribution < 1.29 is 29.3 Å². The smallest absolute Gasteiger partial charge is 0.303 e. The van der Waals surface area contributed by atoms with Crippen molar-refractivity contribution in [1.29, 1.82) is 0 Å². The summed E-state index contributed by atoms with van der Waals surface area (Å²) in [6.07, 6.45) is 0.288. The van der Waals surface area contributed by atoms with Gasteiger partial charge in [-0.15, -0.1) is 0 Å². The molecule has 51 heavy (non-hydrogen) atoms. The number of aliphatic hydroxyl groups excluding tert-OH is 1. The molecule has 1 aliphatic heterocycles. The van der Waals surface area contributed by atoms with Crippen molar-refractivity contribution in [2.45, 2.75) is 70.3 Å². The minimum Gasteiger partial charge on any atom is -0.481 e. The van der Waals surface area contributed by atoms with Crippen LogP contribution in [0.25, 0.3) is 21.9 Å². The molecule has 6 rings (SSSR count). The zero-order valence-corrected chi connectivity index (χ0v) is 29.2. The lowest BCUT2D eigenvalue weighted by Crippen LogP contribution is -2.38. The highest BCUT2D eigenvalue weighted by Gasteiger charge is 2.33. The summed E-state index contributed by atoms with van der Waals surface area (Å²) in [7, 11) is 2.14. The molecule has 8 nitrogen and oxygen atoms in total. The molecule has 0 aliphatic carbocycles. The van der Waals surface area contributed by atoms with Gasteiger partial charge in [0, 0.05) is 44.0 Å². The molecule has 1 amide bonds. The van der Waals surface area contributed by atoms with Crippen molar-refractivity contribution in [3.63, 3.8) is 0 Å². The Morgan fingerprint density at radius 1 is 0.843 bits per heavy atom. The average molecular weight is 687 g/mol. The largest absolute Gasteiger partial charge is 0.481 e. The fourth-order valence-corrected chi connectivity index (χ4v) is 6.69. The summed E-state index contributed by atoms with van der Waals surface area (Å²) in [6, 6.07) is 39.3. The minimum atomic E-state index is -0.901. The van der Waals surface area contributed by atoms with Gasteiger partial charge in [0.25, 0.3) is 0 Å². The van der Waals surface area contributed by atoms with Crippen LogP contribution in [0, 0.1) is 0 Å². The third-order valence-corrected chi connectivity index (χ3v) is 9.81. The molecular weight excluding hydrogens is 640 g/mol. The normalized spacial score (nSPS) is 18.1. The average Bonchev–Trinajstić information content (AvgIpc) is 3.16. The molecule has 5 aromatic carbocycles. The molecular formula is C43H46N2O6. The summed E-state index contributed by atoms with van der Waals surface area (Å²) in [6.45, 7) is 3.29. The van der Waals surface area contributed by atoms with Gasteiger partial charge in [-0.3, -0.25) is 14.5 Å². The third-order valence-electron chi connectivity index (χ3n) is 9.81. The Hall–Kier alpha value is -4.86. The Kier molecular flexibility index (Phi) is 11.9. The number of carboxylic acids is 1. The monoisotopic (exact) mass is 686 g/mol. The number of aliphatic hydroxyl groups is 1. The first-order chi connectivity index (χ1) is 24.8. The molecule has 4 unspecified atom stereocenters. The van der Waals surface area contributed by atoms with Crippen LogP contribution in [0.1, 0.15) is 78.9 Å². The number of benzene rings is 5. The van der Waals surface area contributed by atoms with Crippen LogP contribution in [0.3, 0.4) is 0 Å². The van der Waals surface area contributed by atoms with Gasteiger partial charge in [0.1, 0.15) is 0 Å². The first-order valence-electron chi connectivity index (χ1n) is 17.6. The topological polar surface area (TPSA) is 108 Å². The van der Waals surface area contributed by atoms with E-state index in [1.165, 1.54) is 16.3 Å². The number of carbonyl (C=O) groups is 2. The van der Waals surface area contributed by atoms with Crippen LogP contribution >= 0.6 is 0 Å². The first kappa shape index (κ1) is 35.9. The number of hydrogen-bond donors (Lipinski definition) is 3. The van der Waals surface area contributed by atoms with Crippen LogP contribution < -0.4 is 5.32 Å². The third kappa shape index (κ3) is 9.28. The van der Waals surface area contributed by atoms with Gasteiger partial charge in [0.05, 0.1) is 18.8 Å². The number of likely N-dealkylation sites (N-methyl/N-ethyl adjacent to an activating group) is 1. The maximum Gasteiger partial charge on any atom is 0.303 e. The highest BCUT2D eigenvalue weighted by molar-refractivity contribution is 5.83. The van der Waals surface area contributed by atoms with Crippen LogP contribution in [0.5, 0.6) is 0 Å². The lowest BCUT2D eigenvalue weighted by molar-refractivity contribution is -0.253. The van der Waals surface area contributed by atoms with Gasteiger partial charge >= 0.3 is 5.97 Å². The van der Waals surface area contributed by atoms with Crippen molar-refractivity contribution in [2.75, 3.05) is 13.6 Å². The van der Waals surface area contributed by atoms with E-state index in [1.807, 2.05) is 60.7 Å².